The zero-order valence-corrected chi connectivity index (χ0v) is 19.7. The zero-order chi connectivity index (χ0) is 23.8. The lowest BCUT2D eigenvalue weighted by Gasteiger charge is -2.20. The summed E-state index contributed by atoms with van der Waals surface area (Å²) in [7, 11) is -0.875. The normalized spacial score (nSPS) is 12.1. The number of carbonyl (C=O) groups is 1. The second-order valence-corrected chi connectivity index (χ2v) is 9.24. The number of carbonyl (C=O) groups excluding carboxylic acids is 1. The van der Waals surface area contributed by atoms with E-state index in [2.05, 4.69) is 10.0 Å². The molecule has 0 saturated heterocycles. The molecule has 33 heavy (non-hydrogen) atoms. The molecule has 0 heterocycles. The van der Waals surface area contributed by atoms with E-state index in [4.69, 9.17) is 9.47 Å². The van der Waals surface area contributed by atoms with Gasteiger partial charge in [0.15, 0.2) is 0 Å². The Morgan fingerprint density at radius 2 is 1.58 bits per heavy atom. The number of amides is 1. The van der Waals surface area contributed by atoms with E-state index in [-0.39, 0.29) is 17.9 Å². The first-order valence-electron chi connectivity index (χ1n) is 10.4. The van der Waals surface area contributed by atoms with Gasteiger partial charge in [-0.25, -0.2) is 8.42 Å². The van der Waals surface area contributed by atoms with Gasteiger partial charge in [0.25, 0.3) is 0 Å². The van der Waals surface area contributed by atoms with Crippen molar-refractivity contribution in [1.29, 1.82) is 0 Å². The van der Waals surface area contributed by atoms with Crippen LogP contribution in [0.15, 0.2) is 77.7 Å². The van der Waals surface area contributed by atoms with Gasteiger partial charge in [-0.05, 0) is 48.7 Å². The van der Waals surface area contributed by atoms with Crippen molar-refractivity contribution in [3.63, 3.8) is 0 Å². The first-order valence-corrected chi connectivity index (χ1v) is 11.9. The number of nitrogens with one attached hydrogen (secondary N) is 2. The van der Waals surface area contributed by atoms with Crippen LogP contribution in [0.4, 0.5) is 0 Å². The van der Waals surface area contributed by atoms with Gasteiger partial charge in [0.2, 0.25) is 15.9 Å². The predicted molar refractivity (Wildman–Crippen MR) is 127 cm³/mol. The fraction of sp³-hybridized carbons (Fsp3) is 0.240. The lowest BCUT2D eigenvalue weighted by molar-refractivity contribution is -0.122. The number of rotatable bonds is 10. The number of hydrogen-bond acceptors (Lipinski definition) is 5. The van der Waals surface area contributed by atoms with E-state index in [1.54, 1.807) is 26.2 Å². The van der Waals surface area contributed by atoms with Crippen molar-refractivity contribution < 1.29 is 22.7 Å². The molecule has 0 bridgehead atoms. The summed E-state index contributed by atoms with van der Waals surface area (Å²) in [4.78, 5) is 13.2. The topological polar surface area (TPSA) is 93.7 Å². The Bertz CT molecular complexity index is 1200. The quantitative estimate of drug-likeness (QED) is 0.477. The maximum absolute atomic E-state index is 13.1. The molecule has 0 radical (unpaired) electrons. The van der Waals surface area contributed by atoms with Crippen molar-refractivity contribution in [2.75, 3.05) is 14.2 Å². The van der Waals surface area contributed by atoms with E-state index in [0.717, 1.165) is 11.1 Å². The molecule has 8 heteroatoms. The van der Waals surface area contributed by atoms with Crippen molar-refractivity contribution in [3.05, 3.63) is 89.5 Å². The fourth-order valence-electron chi connectivity index (χ4n) is 3.47. The van der Waals surface area contributed by atoms with Gasteiger partial charge in [-0.1, -0.05) is 48.5 Å². The molecule has 7 nitrogen and oxygen atoms in total. The van der Waals surface area contributed by atoms with Gasteiger partial charge >= 0.3 is 0 Å². The summed E-state index contributed by atoms with van der Waals surface area (Å²) < 4.78 is 39.3. The smallest absolute Gasteiger partial charge is 0.241 e. The second-order valence-electron chi connectivity index (χ2n) is 7.52. The van der Waals surface area contributed by atoms with Crippen LogP contribution >= 0.6 is 0 Å². The van der Waals surface area contributed by atoms with Crippen LogP contribution in [-0.2, 0) is 27.8 Å². The molecule has 1 amide bonds. The Kier molecular flexibility index (Phi) is 8.08. The number of benzene rings is 3. The summed E-state index contributed by atoms with van der Waals surface area (Å²) in [6.07, 6.45) is 0.201. The Hall–Kier alpha value is -3.36. The molecule has 174 valence electrons. The summed E-state index contributed by atoms with van der Waals surface area (Å²) in [5, 5.41) is 2.83. The summed E-state index contributed by atoms with van der Waals surface area (Å²) in [5.41, 5.74) is 2.31. The first-order chi connectivity index (χ1) is 15.8. The maximum atomic E-state index is 13.1. The van der Waals surface area contributed by atoms with Crippen LogP contribution < -0.4 is 19.5 Å². The van der Waals surface area contributed by atoms with Gasteiger partial charge in [-0.3, -0.25) is 4.79 Å². The van der Waals surface area contributed by atoms with Crippen LogP contribution in [0.1, 0.15) is 16.7 Å². The molecule has 0 aliphatic heterocycles. The summed E-state index contributed by atoms with van der Waals surface area (Å²) in [6, 6.07) is 20.2. The van der Waals surface area contributed by atoms with Crippen LogP contribution in [0.3, 0.4) is 0 Å². The molecule has 0 aliphatic carbocycles. The Labute approximate surface area is 194 Å². The van der Waals surface area contributed by atoms with Crippen LogP contribution in [-0.4, -0.2) is 34.6 Å². The van der Waals surface area contributed by atoms with E-state index in [0.29, 0.717) is 17.1 Å². The van der Waals surface area contributed by atoms with E-state index in [1.807, 2.05) is 48.5 Å². The van der Waals surface area contributed by atoms with Gasteiger partial charge in [-0.15, -0.1) is 0 Å². The molecule has 0 aliphatic rings. The highest BCUT2D eigenvalue weighted by atomic mass is 32.2. The third kappa shape index (κ3) is 6.34. The number of aryl methyl sites for hydroxylation is 1. The van der Waals surface area contributed by atoms with E-state index < -0.39 is 22.0 Å². The van der Waals surface area contributed by atoms with E-state index in [9.17, 15) is 13.2 Å². The lowest BCUT2D eigenvalue weighted by atomic mass is 10.1. The maximum Gasteiger partial charge on any atom is 0.241 e. The van der Waals surface area contributed by atoms with Crippen LogP contribution in [0, 0.1) is 6.92 Å². The minimum Gasteiger partial charge on any atom is -0.496 e. The number of ether oxygens (including phenoxy) is 2. The molecule has 0 saturated carbocycles. The summed E-state index contributed by atoms with van der Waals surface area (Å²) in [6.45, 7) is 1.97. The minimum absolute atomic E-state index is 0.0661. The van der Waals surface area contributed by atoms with Gasteiger partial charge in [0.05, 0.1) is 19.1 Å². The molecule has 0 fully saturated rings. The van der Waals surface area contributed by atoms with Gasteiger partial charge in [0, 0.05) is 12.1 Å². The summed E-state index contributed by atoms with van der Waals surface area (Å²) in [5.74, 6) is 0.801. The Morgan fingerprint density at radius 3 is 2.24 bits per heavy atom. The SMILES string of the molecule is COc1ccc(S(=O)(=O)NC(Cc2ccccc2)C(=O)NCc2ccccc2OC)cc1C. The van der Waals surface area contributed by atoms with Crippen molar-refractivity contribution in [3.8, 4) is 11.5 Å². The highest BCUT2D eigenvalue weighted by Crippen LogP contribution is 2.22. The standard InChI is InChI=1S/C25H28N2O5S/c1-18-15-21(13-14-23(18)31-2)33(29,30)27-22(16-19-9-5-4-6-10-19)25(28)26-17-20-11-7-8-12-24(20)32-3/h4-15,22,27H,16-17H2,1-3H3,(H,26,28). The average molecular weight is 469 g/mol. The molecule has 3 aromatic rings. The van der Waals surface area contributed by atoms with Crippen LogP contribution in [0.25, 0.3) is 0 Å². The third-order valence-electron chi connectivity index (χ3n) is 5.22. The predicted octanol–water partition coefficient (Wildman–Crippen LogP) is 3.22. The van der Waals surface area contributed by atoms with Gasteiger partial charge < -0.3 is 14.8 Å². The van der Waals surface area contributed by atoms with E-state index >= 15 is 0 Å². The third-order valence-corrected chi connectivity index (χ3v) is 6.69. The summed E-state index contributed by atoms with van der Waals surface area (Å²) >= 11 is 0. The molecule has 0 aromatic heterocycles. The molecule has 1 unspecified atom stereocenters. The van der Waals surface area contributed by atoms with Crippen LogP contribution in [0.2, 0.25) is 0 Å². The Balaban J connectivity index is 1.82. The van der Waals surface area contributed by atoms with Crippen molar-refractivity contribution in [1.82, 2.24) is 10.0 Å². The average Bonchev–Trinajstić information content (AvgIpc) is 2.82. The molecule has 3 rings (SSSR count). The number of methoxy groups -OCH3 is 2. The molecule has 3 aromatic carbocycles. The molecule has 0 spiro atoms. The fourth-order valence-corrected chi connectivity index (χ4v) is 4.75. The molecule has 1 atom stereocenters. The van der Waals surface area contributed by atoms with Crippen molar-refractivity contribution in [2.45, 2.75) is 30.8 Å². The lowest BCUT2D eigenvalue weighted by Crippen LogP contribution is -2.47. The number of hydrogen-bond donors (Lipinski definition) is 2. The number of para-hydroxylation sites is 1. The zero-order valence-electron chi connectivity index (χ0n) is 18.9. The number of sulfonamides is 1. The molecular formula is C25H28N2O5S. The second kappa shape index (κ2) is 11.0. The van der Waals surface area contributed by atoms with Crippen molar-refractivity contribution in [2.24, 2.45) is 0 Å². The van der Waals surface area contributed by atoms with Gasteiger partial charge in [0.1, 0.15) is 17.5 Å². The highest BCUT2D eigenvalue weighted by Gasteiger charge is 2.26. The van der Waals surface area contributed by atoms with Crippen molar-refractivity contribution >= 4 is 15.9 Å². The van der Waals surface area contributed by atoms with Gasteiger partial charge in [-0.2, -0.15) is 4.72 Å². The minimum atomic E-state index is -3.96. The van der Waals surface area contributed by atoms with Crippen LogP contribution in [0.5, 0.6) is 11.5 Å². The monoisotopic (exact) mass is 468 g/mol. The largest absolute Gasteiger partial charge is 0.496 e. The Morgan fingerprint density at radius 1 is 0.909 bits per heavy atom. The molecule has 2 N–H and O–H groups in total. The molecular weight excluding hydrogens is 440 g/mol. The highest BCUT2D eigenvalue weighted by molar-refractivity contribution is 7.89. The van der Waals surface area contributed by atoms with E-state index in [1.165, 1.54) is 19.2 Å². The first kappa shape index (κ1) is 24.3.